The van der Waals surface area contributed by atoms with Gasteiger partial charge in [0.25, 0.3) is 0 Å². The number of hydrogen-bond acceptors (Lipinski definition) is 1. The Bertz CT molecular complexity index is 304. The lowest BCUT2D eigenvalue weighted by molar-refractivity contribution is 0.773. The number of rotatable bonds is 7. The van der Waals surface area contributed by atoms with E-state index in [1.165, 1.54) is 55.2 Å². The summed E-state index contributed by atoms with van der Waals surface area (Å²) in [6, 6.07) is 6.83. The van der Waals surface area contributed by atoms with Crippen molar-refractivity contribution in [2.75, 3.05) is 0 Å². The second-order valence-electron chi connectivity index (χ2n) is 4.51. The van der Waals surface area contributed by atoms with E-state index in [9.17, 15) is 0 Å². The predicted molar refractivity (Wildman–Crippen MR) is 71.6 cm³/mol. The largest absolute Gasteiger partial charge is 0.326 e. The third kappa shape index (κ3) is 3.97. The molecule has 0 aliphatic rings. The Morgan fingerprint density at radius 2 is 1.62 bits per heavy atom. The lowest BCUT2D eigenvalue weighted by atomic mass is 9.97. The van der Waals surface area contributed by atoms with Crippen LogP contribution in [0, 0.1) is 0 Å². The standard InChI is InChI=1S/C15H25N/c1-3-5-7-13-9-10-15(12-16)14(11-13)8-6-4-2/h9-11H,3-8,12,16H2,1-2H3. The van der Waals surface area contributed by atoms with Gasteiger partial charge in [-0.3, -0.25) is 0 Å². The fourth-order valence-electron chi connectivity index (χ4n) is 2.01. The predicted octanol–water partition coefficient (Wildman–Crippen LogP) is 3.83. The second-order valence-corrected chi connectivity index (χ2v) is 4.51. The molecular formula is C15H25N. The van der Waals surface area contributed by atoms with Crippen molar-refractivity contribution in [1.82, 2.24) is 0 Å². The Kier molecular flexibility index (Phi) is 6.17. The Morgan fingerprint density at radius 1 is 0.938 bits per heavy atom. The van der Waals surface area contributed by atoms with E-state index in [1.54, 1.807) is 0 Å². The fourth-order valence-corrected chi connectivity index (χ4v) is 2.01. The molecule has 0 fully saturated rings. The van der Waals surface area contributed by atoms with Crippen LogP contribution in [0.2, 0.25) is 0 Å². The van der Waals surface area contributed by atoms with Crippen LogP contribution in [0.4, 0.5) is 0 Å². The molecule has 0 atom stereocenters. The molecule has 1 aromatic rings. The van der Waals surface area contributed by atoms with Crippen LogP contribution in [0.3, 0.4) is 0 Å². The molecule has 1 nitrogen and oxygen atoms in total. The number of unbranched alkanes of at least 4 members (excludes halogenated alkanes) is 2. The molecule has 2 N–H and O–H groups in total. The average Bonchev–Trinajstić information content (AvgIpc) is 2.33. The van der Waals surface area contributed by atoms with Gasteiger partial charge < -0.3 is 5.73 Å². The first kappa shape index (κ1) is 13.2. The molecule has 16 heavy (non-hydrogen) atoms. The molecule has 0 spiro atoms. The van der Waals surface area contributed by atoms with E-state index in [-0.39, 0.29) is 0 Å². The zero-order valence-corrected chi connectivity index (χ0v) is 10.8. The van der Waals surface area contributed by atoms with Crippen LogP contribution in [-0.4, -0.2) is 0 Å². The van der Waals surface area contributed by atoms with Crippen LogP contribution in [-0.2, 0) is 19.4 Å². The maximum atomic E-state index is 5.77. The van der Waals surface area contributed by atoms with Gasteiger partial charge in [0, 0.05) is 6.54 Å². The Hall–Kier alpha value is -0.820. The van der Waals surface area contributed by atoms with E-state index in [0.717, 1.165) is 0 Å². The molecule has 1 aromatic carbocycles. The average molecular weight is 219 g/mol. The molecule has 0 amide bonds. The van der Waals surface area contributed by atoms with Gasteiger partial charge in [-0.2, -0.15) is 0 Å². The van der Waals surface area contributed by atoms with Gasteiger partial charge in [-0.05, 0) is 42.4 Å². The molecule has 0 saturated heterocycles. The summed E-state index contributed by atoms with van der Waals surface area (Å²) in [4.78, 5) is 0. The second kappa shape index (κ2) is 7.45. The minimum Gasteiger partial charge on any atom is -0.326 e. The molecular weight excluding hydrogens is 194 g/mol. The van der Waals surface area contributed by atoms with Crippen LogP contribution in [0.15, 0.2) is 18.2 Å². The molecule has 0 heterocycles. The summed E-state index contributed by atoms with van der Waals surface area (Å²) in [5.41, 5.74) is 10.0. The van der Waals surface area contributed by atoms with E-state index in [4.69, 9.17) is 5.73 Å². The topological polar surface area (TPSA) is 26.0 Å². The van der Waals surface area contributed by atoms with Crippen molar-refractivity contribution in [3.63, 3.8) is 0 Å². The van der Waals surface area contributed by atoms with E-state index < -0.39 is 0 Å². The number of nitrogens with two attached hydrogens (primary N) is 1. The van der Waals surface area contributed by atoms with Crippen molar-refractivity contribution < 1.29 is 0 Å². The summed E-state index contributed by atoms with van der Waals surface area (Å²) in [7, 11) is 0. The Balaban J connectivity index is 2.74. The van der Waals surface area contributed by atoms with Crippen molar-refractivity contribution in [2.24, 2.45) is 5.73 Å². The molecule has 0 saturated carbocycles. The van der Waals surface area contributed by atoms with Crippen molar-refractivity contribution in [3.05, 3.63) is 34.9 Å². The highest BCUT2D eigenvalue weighted by molar-refractivity contribution is 5.32. The van der Waals surface area contributed by atoms with Crippen molar-refractivity contribution >= 4 is 0 Å². The number of benzene rings is 1. The lowest BCUT2D eigenvalue weighted by Gasteiger charge is -2.10. The molecule has 1 heteroatoms. The van der Waals surface area contributed by atoms with Crippen LogP contribution < -0.4 is 5.73 Å². The molecule has 0 aromatic heterocycles. The monoisotopic (exact) mass is 219 g/mol. The summed E-state index contributed by atoms with van der Waals surface area (Å²) >= 11 is 0. The highest BCUT2D eigenvalue weighted by atomic mass is 14.5. The molecule has 0 aliphatic heterocycles. The molecule has 90 valence electrons. The highest BCUT2D eigenvalue weighted by Crippen LogP contribution is 2.16. The SMILES string of the molecule is CCCCc1ccc(CN)c(CCCC)c1. The molecule has 0 radical (unpaired) electrons. The first-order chi connectivity index (χ1) is 7.81. The summed E-state index contributed by atoms with van der Waals surface area (Å²) in [5, 5.41) is 0. The summed E-state index contributed by atoms with van der Waals surface area (Å²) < 4.78 is 0. The zero-order chi connectivity index (χ0) is 11.8. The van der Waals surface area contributed by atoms with Crippen LogP contribution in [0.25, 0.3) is 0 Å². The van der Waals surface area contributed by atoms with Gasteiger partial charge in [-0.25, -0.2) is 0 Å². The first-order valence-electron chi connectivity index (χ1n) is 6.62. The number of aryl methyl sites for hydroxylation is 2. The molecule has 0 aliphatic carbocycles. The highest BCUT2D eigenvalue weighted by Gasteiger charge is 2.02. The Morgan fingerprint density at radius 3 is 2.25 bits per heavy atom. The van der Waals surface area contributed by atoms with Gasteiger partial charge in [0.1, 0.15) is 0 Å². The normalized spacial score (nSPS) is 10.7. The molecule has 0 unspecified atom stereocenters. The smallest absolute Gasteiger partial charge is 0.0180 e. The van der Waals surface area contributed by atoms with Gasteiger partial charge in [0.2, 0.25) is 0 Å². The van der Waals surface area contributed by atoms with E-state index in [2.05, 4.69) is 32.0 Å². The Labute approximate surface area is 100 Å². The van der Waals surface area contributed by atoms with Gasteiger partial charge in [-0.1, -0.05) is 44.9 Å². The summed E-state index contributed by atoms with van der Waals surface area (Å²) in [5.74, 6) is 0. The van der Waals surface area contributed by atoms with E-state index in [1.807, 2.05) is 0 Å². The third-order valence-corrected chi connectivity index (χ3v) is 3.11. The molecule has 1 rings (SSSR count). The van der Waals surface area contributed by atoms with Crippen molar-refractivity contribution in [2.45, 2.75) is 58.9 Å². The van der Waals surface area contributed by atoms with Gasteiger partial charge >= 0.3 is 0 Å². The lowest BCUT2D eigenvalue weighted by Crippen LogP contribution is -2.02. The minimum absolute atomic E-state index is 0.674. The van der Waals surface area contributed by atoms with E-state index >= 15 is 0 Å². The van der Waals surface area contributed by atoms with Crippen molar-refractivity contribution in [1.29, 1.82) is 0 Å². The summed E-state index contributed by atoms with van der Waals surface area (Å²) in [6.45, 7) is 5.16. The van der Waals surface area contributed by atoms with Gasteiger partial charge in [0.15, 0.2) is 0 Å². The zero-order valence-electron chi connectivity index (χ0n) is 10.8. The third-order valence-electron chi connectivity index (χ3n) is 3.11. The van der Waals surface area contributed by atoms with Crippen LogP contribution in [0.5, 0.6) is 0 Å². The maximum absolute atomic E-state index is 5.77. The fraction of sp³-hybridized carbons (Fsp3) is 0.600. The molecule has 0 bridgehead atoms. The maximum Gasteiger partial charge on any atom is 0.0180 e. The summed E-state index contributed by atoms with van der Waals surface area (Å²) in [6.07, 6.45) is 7.47. The van der Waals surface area contributed by atoms with Gasteiger partial charge in [0.05, 0.1) is 0 Å². The first-order valence-corrected chi connectivity index (χ1v) is 6.62. The van der Waals surface area contributed by atoms with Crippen molar-refractivity contribution in [3.8, 4) is 0 Å². The van der Waals surface area contributed by atoms with Gasteiger partial charge in [-0.15, -0.1) is 0 Å². The minimum atomic E-state index is 0.674. The quantitative estimate of drug-likeness (QED) is 0.741. The number of hydrogen-bond donors (Lipinski definition) is 1. The van der Waals surface area contributed by atoms with E-state index in [0.29, 0.717) is 6.54 Å². The van der Waals surface area contributed by atoms with Crippen LogP contribution in [0.1, 0.15) is 56.2 Å². The van der Waals surface area contributed by atoms with Crippen LogP contribution >= 0.6 is 0 Å².